The average molecular weight is 569 g/mol. The maximum absolute atomic E-state index is 13.6. The molecule has 2 fully saturated rings. The highest BCUT2D eigenvalue weighted by molar-refractivity contribution is 5.99. The van der Waals surface area contributed by atoms with Crippen LogP contribution in [-0.2, 0) is 36.7 Å². The topological polar surface area (TPSA) is 152 Å². The van der Waals surface area contributed by atoms with E-state index >= 15 is 0 Å². The van der Waals surface area contributed by atoms with Gasteiger partial charge < -0.3 is 29.9 Å². The first-order chi connectivity index (χ1) is 19.6. The van der Waals surface area contributed by atoms with Crippen LogP contribution in [0.15, 0.2) is 40.9 Å². The third kappa shape index (κ3) is 8.71. The van der Waals surface area contributed by atoms with E-state index in [2.05, 4.69) is 21.1 Å². The number of carbonyl (C=O) groups excluding carboxylic acids is 4. The van der Waals surface area contributed by atoms with Gasteiger partial charge in [-0.25, -0.2) is 0 Å². The molecule has 0 radical (unpaired) electrons. The fourth-order valence-corrected chi connectivity index (χ4v) is 4.63. The lowest BCUT2D eigenvalue weighted by atomic mass is 9.93. The van der Waals surface area contributed by atoms with E-state index in [4.69, 9.17) is 14.0 Å². The fourth-order valence-electron chi connectivity index (χ4n) is 4.63. The number of carbonyl (C=O) groups is 4. The number of aromatic nitrogens is 1. The highest BCUT2D eigenvalue weighted by Gasteiger charge is 2.50. The zero-order valence-corrected chi connectivity index (χ0v) is 24.1. The van der Waals surface area contributed by atoms with Crippen LogP contribution in [0.25, 0.3) is 0 Å². The molecule has 2 heterocycles. The van der Waals surface area contributed by atoms with Crippen LogP contribution in [0.4, 0.5) is 0 Å². The first kappa shape index (κ1) is 30.4. The lowest BCUT2D eigenvalue weighted by Gasteiger charge is -2.26. The minimum atomic E-state index is -1.10. The first-order valence-corrected chi connectivity index (χ1v) is 14.2. The third-order valence-electron chi connectivity index (χ3n) is 7.29. The lowest BCUT2D eigenvalue weighted by Crippen LogP contribution is -2.58. The number of benzene rings is 1. The molecule has 41 heavy (non-hydrogen) atoms. The summed E-state index contributed by atoms with van der Waals surface area (Å²) in [6.07, 6.45) is 3.60. The summed E-state index contributed by atoms with van der Waals surface area (Å²) in [6, 6.07) is 7.92. The maximum Gasteiger partial charge on any atom is 0.274 e. The fraction of sp³-hybridized carbons (Fsp3) is 0.567. The molecule has 11 nitrogen and oxygen atoms in total. The Labute approximate surface area is 240 Å². The largest absolute Gasteiger partial charge is 0.382 e. The predicted molar refractivity (Wildman–Crippen MR) is 149 cm³/mol. The predicted octanol–water partition coefficient (Wildman–Crippen LogP) is 1.99. The van der Waals surface area contributed by atoms with Crippen molar-refractivity contribution >= 4 is 23.5 Å². The number of nitrogens with one attached hydrogen (secondary N) is 3. The Hall–Kier alpha value is -3.57. The van der Waals surface area contributed by atoms with Crippen molar-refractivity contribution in [3.05, 3.63) is 53.4 Å². The number of hydrogen-bond donors (Lipinski definition) is 3. The molecule has 222 valence electrons. The van der Waals surface area contributed by atoms with E-state index in [9.17, 15) is 19.2 Å². The molecule has 1 aliphatic heterocycles. The van der Waals surface area contributed by atoms with Crippen LogP contribution in [0.1, 0.15) is 61.8 Å². The number of ether oxygens (including phenoxy) is 2. The van der Waals surface area contributed by atoms with Gasteiger partial charge in [0, 0.05) is 26.0 Å². The second-order valence-electron chi connectivity index (χ2n) is 11.6. The van der Waals surface area contributed by atoms with Crippen LogP contribution >= 0.6 is 0 Å². The van der Waals surface area contributed by atoms with Gasteiger partial charge in [-0.15, -0.1) is 0 Å². The molecule has 4 atom stereocenters. The van der Waals surface area contributed by atoms with Gasteiger partial charge in [-0.05, 0) is 43.6 Å². The van der Waals surface area contributed by atoms with Crippen LogP contribution in [0, 0.1) is 11.8 Å². The molecule has 0 spiro atoms. The Balaban J connectivity index is 1.46. The number of rotatable bonds is 16. The van der Waals surface area contributed by atoms with E-state index < -0.39 is 41.4 Å². The molecule has 1 aromatic carbocycles. The monoisotopic (exact) mass is 568 g/mol. The van der Waals surface area contributed by atoms with E-state index in [1.54, 1.807) is 13.0 Å². The summed E-state index contributed by atoms with van der Waals surface area (Å²) >= 11 is 0. The molecule has 1 saturated heterocycles. The quantitative estimate of drug-likeness (QED) is 0.260. The highest BCUT2D eigenvalue weighted by atomic mass is 16.6. The number of ketones is 1. The van der Waals surface area contributed by atoms with Crippen molar-refractivity contribution in [3.63, 3.8) is 0 Å². The molecule has 11 heteroatoms. The Morgan fingerprint density at radius 1 is 1.02 bits per heavy atom. The first-order valence-electron chi connectivity index (χ1n) is 14.2. The number of Topliss-reactive ketones (excluding diaryl/α,β-unsaturated/α-hetero) is 1. The zero-order valence-electron chi connectivity index (χ0n) is 24.1. The van der Waals surface area contributed by atoms with E-state index in [-0.39, 0.29) is 30.4 Å². The van der Waals surface area contributed by atoms with Gasteiger partial charge in [0.25, 0.3) is 5.91 Å². The van der Waals surface area contributed by atoms with Gasteiger partial charge in [0.1, 0.15) is 23.4 Å². The second kappa shape index (κ2) is 13.4. The summed E-state index contributed by atoms with van der Waals surface area (Å²) in [7, 11) is 1.41. The molecule has 1 aliphatic carbocycles. The van der Waals surface area contributed by atoms with Gasteiger partial charge in [0.05, 0.1) is 19.3 Å². The van der Waals surface area contributed by atoms with Crippen LogP contribution < -0.4 is 16.0 Å². The van der Waals surface area contributed by atoms with Gasteiger partial charge >= 0.3 is 0 Å². The number of nitrogens with zero attached hydrogens (tertiary/aromatic N) is 1. The highest BCUT2D eigenvalue weighted by Crippen LogP contribution is 2.32. The normalized spacial score (nSPS) is 20.1. The van der Waals surface area contributed by atoms with Crippen molar-refractivity contribution in [2.75, 3.05) is 20.3 Å². The molecule has 1 aromatic heterocycles. The van der Waals surface area contributed by atoms with Gasteiger partial charge in [-0.3, -0.25) is 19.2 Å². The van der Waals surface area contributed by atoms with Gasteiger partial charge in [-0.1, -0.05) is 49.3 Å². The third-order valence-corrected chi connectivity index (χ3v) is 7.29. The van der Waals surface area contributed by atoms with Crippen molar-refractivity contribution in [2.45, 2.75) is 76.6 Å². The molecule has 4 rings (SSSR count). The molecule has 2 aliphatic rings. The molecular formula is C30H40N4O7. The van der Waals surface area contributed by atoms with Crippen molar-refractivity contribution < 1.29 is 33.2 Å². The molecular weight excluding hydrogens is 528 g/mol. The summed E-state index contributed by atoms with van der Waals surface area (Å²) in [4.78, 5) is 53.0. The van der Waals surface area contributed by atoms with E-state index in [0.29, 0.717) is 24.7 Å². The molecule has 1 saturated carbocycles. The van der Waals surface area contributed by atoms with Crippen molar-refractivity contribution in [1.29, 1.82) is 0 Å². The van der Waals surface area contributed by atoms with Crippen molar-refractivity contribution in [1.82, 2.24) is 21.1 Å². The van der Waals surface area contributed by atoms with Crippen LogP contribution in [0.2, 0.25) is 0 Å². The molecule has 3 amide bonds. The standard InChI is InChI=1S/C30H40N4O7/c1-18(2)12-22(26(35)30(3)17-40-30)31-27(36)23(14-19-8-6-5-7-9-19)32-29(38)25(16-39-4)33-28(37)24-15-21(41-34-24)13-20-10-11-20/h5-9,15,18,20,22-23,25H,10-14,16-17H2,1-4H3,(H,31,36)(H,32,38)(H,33,37)/t22-,23-,25-,30-/m0/s1. The van der Waals surface area contributed by atoms with Crippen molar-refractivity contribution in [3.8, 4) is 0 Å². The smallest absolute Gasteiger partial charge is 0.274 e. The summed E-state index contributed by atoms with van der Waals surface area (Å²) in [5.41, 5.74) is -0.0207. The molecule has 0 unspecified atom stereocenters. The summed E-state index contributed by atoms with van der Waals surface area (Å²) < 4.78 is 15.8. The van der Waals surface area contributed by atoms with Crippen LogP contribution in [0.5, 0.6) is 0 Å². The Kier molecular flexibility index (Phi) is 9.93. The lowest BCUT2D eigenvalue weighted by molar-refractivity contribution is -0.133. The van der Waals surface area contributed by atoms with Gasteiger partial charge in [-0.2, -0.15) is 0 Å². The van der Waals surface area contributed by atoms with Crippen molar-refractivity contribution in [2.24, 2.45) is 11.8 Å². The Bertz CT molecular complexity index is 1220. The van der Waals surface area contributed by atoms with Gasteiger partial charge in [0.2, 0.25) is 11.8 Å². The summed E-state index contributed by atoms with van der Waals surface area (Å²) in [6.45, 7) is 5.82. The minimum Gasteiger partial charge on any atom is -0.382 e. The second-order valence-corrected chi connectivity index (χ2v) is 11.6. The Morgan fingerprint density at radius 2 is 1.68 bits per heavy atom. The number of epoxide rings is 1. The summed E-state index contributed by atoms with van der Waals surface area (Å²) in [5.74, 6) is -0.567. The van der Waals surface area contributed by atoms with E-state index in [1.165, 1.54) is 7.11 Å². The molecule has 0 bridgehead atoms. The average Bonchev–Trinajstić information content (AvgIpc) is 3.85. The number of hydrogen-bond acceptors (Lipinski definition) is 8. The SMILES string of the molecule is COC[C@H](NC(=O)c1cc(CC2CC2)on1)C(=O)N[C@@H](Cc1ccccc1)C(=O)N[C@@H](CC(C)C)C(=O)[C@]1(C)CO1. The minimum absolute atomic E-state index is 0.0685. The summed E-state index contributed by atoms with van der Waals surface area (Å²) in [5, 5.41) is 12.1. The van der Waals surface area contributed by atoms with Gasteiger partial charge in [0.15, 0.2) is 11.5 Å². The number of amides is 3. The zero-order chi connectivity index (χ0) is 29.6. The maximum atomic E-state index is 13.6. The molecule has 2 aromatic rings. The Morgan fingerprint density at radius 3 is 2.29 bits per heavy atom. The van der Waals surface area contributed by atoms with E-state index in [0.717, 1.165) is 24.8 Å². The van der Waals surface area contributed by atoms with Crippen LogP contribution in [-0.4, -0.2) is 72.7 Å². The van der Waals surface area contributed by atoms with Crippen LogP contribution in [0.3, 0.4) is 0 Å². The number of methoxy groups -OCH3 is 1. The molecule has 3 N–H and O–H groups in total. The van der Waals surface area contributed by atoms with E-state index in [1.807, 2.05) is 44.2 Å².